The molecule has 0 fully saturated rings. The molecule has 0 aliphatic heterocycles. The fourth-order valence-electron chi connectivity index (χ4n) is 7.11. The van der Waals surface area contributed by atoms with Gasteiger partial charge in [0.2, 0.25) is 0 Å². The highest BCUT2D eigenvalue weighted by Gasteiger charge is 2.41. The van der Waals surface area contributed by atoms with E-state index in [-0.39, 0.29) is 0 Å². The lowest BCUT2D eigenvalue weighted by Crippen LogP contribution is -2.74. The van der Waals surface area contributed by atoms with Crippen molar-refractivity contribution in [2.75, 3.05) is 0 Å². The van der Waals surface area contributed by atoms with Crippen LogP contribution in [-0.4, -0.2) is 12.6 Å². The normalized spacial score (nSPS) is 11.5. The van der Waals surface area contributed by atoms with Crippen LogP contribution in [0.15, 0.2) is 182 Å². The van der Waals surface area contributed by atoms with Gasteiger partial charge >= 0.3 is 0 Å². The second kappa shape index (κ2) is 11.5. The minimum atomic E-state index is -2.69. The molecule has 0 aliphatic rings. The highest BCUT2D eigenvalue weighted by molar-refractivity contribution is 7.19. The highest BCUT2D eigenvalue weighted by atomic mass is 28.3. The molecule has 0 saturated carbocycles. The average Bonchev–Trinajstić information content (AvgIpc) is 3.48. The molecular formula is C43H30N2Si. The smallest absolute Gasteiger partial charge is 0.179 e. The van der Waals surface area contributed by atoms with Crippen LogP contribution in [0.4, 0.5) is 0 Å². The van der Waals surface area contributed by atoms with Gasteiger partial charge in [-0.05, 0) is 68.3 Å². The molecule has 1 heterocycles. The number of hydrogen-bond donors (Lipinski definition) is 0. The van der Waals surface area contributed by atoms with Crippen molar-refractivity contribution in [3.63, 3.8) is 0 Å². The van der Waals surface area contributed by atoms with Crippen LogP contribution in [-0.2, 0) is 0 Å². The second-order valence-electron chi connectivity index (χ2n) is 11.7. The van der Waals surface area contributed by atoms with Gasteiger partial charge in [0.1, 0.15) is 0 Å². The van der Waals surface area contributed by atoms with Gasteiger partial charge in [-0.15, -0.1) is 0 Å². The first-order chi connectivity index (χ1) is 22.8. The van der Waals surface area contributed by atoms with Crippen LogP contribution in [0, 0.1) is 11.3 Å². The maximum absolute atomic E-state index is 9.57. The third-order valence-corrected chi connectivity index (χ3v) is 14.0. The van der Waals surface area contributed by atoms with E-state index in [2.05, 4.69) is 180 Å². The van der Waals surface area contributed by atoms with Crippen molar-refractivity contribution < 1.29 is 0 Å². The average molecular weight is 603 g/mol. The molecule has 7 aromatic carbocycles. The predicted octanol–water partition coefficient (Wildman–Crippen LogP) is 7.70. The molecule has 216 valence electrons. The standard InChI is InChI=1S/C43H30N2Si/c44-31-32-22-26-38(27-23-32)46(36-14-3-1-4-15-36,37-16-5-2-6-17-37)39-28-24-33(25-29-39)34-12-11-13-35(30-34)45-42-20-9-7-18-40(42)41-19-8-10-21-43(41)45/h1-30H. The molecular weight excluding hydrogens is 573 g/mol. The van der Waals surface area contributed by atoms with Crippen LogP contribution < -0.4 is 20.7 Å². The van der Waals surface area contributed by atoms with E-state index in [1.807, 2.05) is 12.1 Å². The third kappa shape index (κ3) is 4.47. The number of fused-ring (bicyclic) bond motifs is 3. The topological polar surface area (TPSA) is 28.7 Å². The molecule has 0 saturated heterocycles. The lowest BCUT2D eigenvalue weighted by atomic mass is 10.1. The van der Waals surface area contributed by atoms with Crippen molar-refractivity contribution in [3.05, 3.63) is 188 Å². The number of nitrogens with zero attached hydrogens (tertiary/aromatic N) is 2. The number of benzene rings is 7. The van der Waals surface area contributed by atoms with Gasteiger partial charge in [-0.3, -0.25) is 0 Å². The molecule has 46 heavy (non-hydrogen) atoms. The van der Waals surface area contributed by atoms with Crippen molar-refractivity contribution in [2.24, 2.45) is 0 Å². The van der Waals surface area contributed by atoms with E-state index in [4.69, 9.17) is 0 Å². The van der Waals surface area contributed by atoms with Crippen LogP contribution in [0.25, 0.3) is 38.6 Å². The second-order valence-corrected chi connectivity index (χ2v) is 15.5. The number of nitriles is 1. The highest BCUT2D eigenvalue weighted by Crippen LogP contribution is 2.33. The van der Waals surface area contributed by atoms with Gasteiger partial charge in [0.25, 0.3) is 0 Å². The first-order valence-electron chi connectivity index (χ1n) is 15.6. The van der Waals surface area contributed by atoms with Gasteiger partial charge in [-0.1, -0.05) is 146 Å². The molecule has 0 spiro atoms. The van der Waals surface area contributed by atoms with Crippen LogP contribution in [0.3, 0.4) is 0 Å². The zero-order valence-electron chi connectivity index (χ0n) is 25.2. The van der Waals surface area contributed by atoms with E-state index in [0.717, 1.165) is 5.69 Å². The van der Waals surface area contributed by atoms with Crippen LogP contribution in [0.5, 0.6) is 0 Å². The zero-order chi connectivity index (χ0) is 30.9. The van der Waals surface area contributed by atoms with Gasteiger partial charge < -0.3 is 4.57 Å². The van der Waals surface area contributed by atoms with Crippen molar-refractivity contribution in [2.45, 2.75) is 0 Å². The molecule has 0 N–H and O–H groups in total. The summed E-state index contributed by atoms with van der Waals surface area (Å²) in [7, 11) is -2.69. The van der Waals surface area contributed by atoms with Crippen molar-refractivity contribution in [1.29, 1.82) is 5.26 Å². The van der Waals surface area contributed by atoms with E-state index in [1.165, 1.54) is 53.7 Å². The van der Waals surface area contributed by atoms with E-state index in [1.54, 1.807) is 0 Å². The van der Waals surface area contributed by atoms with Crippen molar-refractivity contribution in [1.82, 2.24) is 4.57 Å². The summed E-state index contributed by atoms with van der Waals surface area (Å²) in [5.41, 5.74) is 6.59. The van der Waals surface area contributed by atoms with Gasteiger partial charge in [0.15, 0.2) is 8.07 Å². The minimum Gasteiger partial charge on any atom is -0.309 e. The number of para-hydroxylation sites is 2. The molecule has 0 aliphatic carbocycles. The lowest BCUT2D eigenvalue weighted by Gasteiger charge is -2.34. The van der Waals surface area contributed by atoms with Gasteiger partial charge in [-0.25, -0.2) is 0 Å². The summed E-state index contributed by atoms with van der Waals surface area (Å²) in [6.45, 7) is 0. The molecule has 1 aromatic heterocycles. The molecule has 0 amide bonds. The lowest BCUT2D eigenvalue weighted by molar-refractivity contribution is 1.18. The summed E-state index contributed by atoms with van der Waals surface area (Å²) in [6, 6.07) is 67.7. The fourth-order valence-corrected chi connectivity index (χ4v) is 11.8. The van der Waals surface area contributed by atoms with E-state index < -0.39 is 8.07 Å². The fraction of sp³-hybridized carbons (Fsp3) is 0. The Labute approximate surface area is 270 Å². The quantitative estimate of drug-likeness (QED) is 0.142. The van der Waals surface area contributed by atoms with Crippen LogP contribution in [0.1, 0.15) is 5.56 Å². The summed E-state index contributed by atoms with van der Waals surface area (Å²) in [6.07, 6.45) is 0. The maximum Gasteiger partial charge on any atom is 0.179 e. The number of aromatic nitrogens is 1. The SMILES string of the molecule is N#Cc1ccc([Si](c2ccccc2)(c2ccccc2)c2ccc(-c3cccc(-n4c5ccccc5c5ccccc54)c3)cc2)cc1. The zero-order valence-corrected chi connectivity index (χ0v) is 26.2. The van der Waals surface area contributed by atoms with Crippen LogP contribution in [0.2, 0.25) is 0 Å². The summed E-state index contributed by atoms with van der Waals surface area (Å²) < 4.78 is 2.37. The molecule has 0 radical (unpaired) electrons. The van der Waals surface area contributed by atoms with Gasteiger partial charge in [0, 0.05) is 16.5 Å². The Morgan fingerprint density at radius 2 is 0.891 bits per heavy atom. The molecule has 2 nitrogen and oxygen atoms in total. The maximum atomic E-state index is 9.57. The molecule has 8 rings (SSSR count). The molecule has 8 aromatic rings. The first kappa shape index (κ1) is 27.6. The van der Waals surface area contributed by atoms with E-state index >= 15 is 0 Å². The Kier molecular flexibility index (Phi) is 6.91. The Balaban J connectivity index is 1.28. The predicted molar refractivity (Wildman–Crippen MR) is 195 cm³/mol. The first-order valence-corrected chi connectivity index (χ1v) is 17.6. The molecule has 3 heteroatoms. The summed E-state index contributed by atoms with van der Waals surface area (Å²) >= 11 is 0. The monoisotopic (exact) mass is 602 g/mol. The van der Waals surface area contributed by atoms with Crippen LogP contribution >= 0.6 is 0 Å². The molecule has 0 atom stereocenters. The summed E-state index contributed by atoms with van der Waals surface area (Å²) in [4.78, 5) is 0. The third-order valence-electron chi connectivity index (χ3n) is 9.20. The molecule has 0 bridgehead atoms. The Hall–Kier alpha value is -5.95. The van der Waals surface area contributed by atoms with E-state index in [9.17, 15) is 5.26 Å². The minimum absolute atomic E-state index is 0.672. The number of hydrogen-bond acceptors (Lipinski definition) is 1. The summed E-state index contributed by atoms with van der Waals surface area (Å²) in [5.74, 6) is 0. The van der Waals surface area contributed by atoms with Crippen molar-refractivity contribution >= 4 is 50.6 Å². The summed E-state index contributed by atoms with van der Waals surface area (Å²) in [5, 5.41) is 17.3. The van der Waals surface area contributed by atoms with Gasteiger partial charge in [-0.2, -0.15) is 5.26 Å². The Morgan fingerprint density at radius 1 is 0.413 bits per heavy atom. The number of rotatable bonds is 6. The Bertz CT molecular complexity index is 2260. The molecule has 0 unspecified atom stereocenters. The Morgan fingerprint density at radius 3 is 1.43 bits per heavy atom. The van der Waals surface area contributed by atoms with Gasteiger partial charge in [0.05, 0.1) is 22.7 Å². The van der Waals surface area contributed by atoms with Crippen molar-refractivity contribution in [3.8, 4) is 22.9 Å². The van der Waals surface area contributed by atoms with E-state index in [0.29, 0.717) is 5.56 Å². The largest absolute Gasteiger partial charge is 0.309 e.